The van der Waals surface area contributed by atoms with Crippen LogP contribution in [0.15, 0.2) is 36.4 Å². The van der Waals surface area contributed by atoms with Crippen molar-refractivity contribution < 1.29 is 66.9 Å². The molecular formula is C16H9F12NO3. The molecule has 2 rings (SSSR count). The summed E-state index contributed by atoms with van der Waals surface area (Å²) in [7, 11) is 0. The van der Waals surface area contributed by atoms with Crippen LogP contribution in [0.4, 0.5) is 58.4 Å². The van der Waals surface area contributed by atoms with E-state index in [1.165, 1.54) is 18.2 Å². The molecule has 0 amide bonds. The summed E-state index contributed by atoms with van der Waals surface area (Å²) in [6.07, 6.45) is -30.8. The maximum Gasteiger partial charge on any atom is 0.527 e. The van der Waals surface area contributed by atoms with Gasteiger partial charge in [0.05, 0.1) is 0 Å². The van der Waals surface area contributed by atoms with Crippen molar-refractivity contribution in [2.75, 3.05) is 5.73 Å². The van der Waals surface area contributed by atoms with Gasteiger partial charge < -0.3 is 10.5 Å². The van der Waals surface area contributed by atoms with E-state index in [2.05, 4.69) is 9.47 Å². The lowest BCUT2D eigenvalue weighted by molar-refractivity contribution is -0.518. The van der Waals surface area contributed by atoms with E-state index in [1.807, 2.05) is 0 Å². The third-order valence-corrected chi connectivity index (χ3v) is 3.58. The fourth-order valence-electron chi connectivity index (χ4n) is 2.16. The molecule has 0 saturated carbocycles. The van der Waals surface area contributed by atoms with Gasteiger partial charge in [-0.2, -0.15) is 35.1 Å². The molecule has 16 heteroatoms. The molecule has 4 nitrogen and oxygen atoms in total. The summed E-state index contributed by atoms with van der Waals surface area (Å²) in [5.41, 5.74) is 5.75. The number of halogens is 12. The Morgan fingerprint density at radius 1 is 0.719 bits per heavy atom. The fourth-order valence-corrected chi connectivity index (χ4v) is 2.16. The van der Waals surface area contributed by atoms with E-state index in [1.54, 1.807) is 4.74 Å². The van der Waals surface area contributed by atoms with Gasteiger partial charge in [0.15, 0.2) is 0 Å². The van der Waals surface area contributed by atoms with Gasteiger partial charge in [0, 0.05) is 5.69 Å². The van der Waals surface area contributed by atoms with Gasteiger partial charge in [-0.3, -0.25) is 4.74 Å². The number of benzene rings is 2. The SMILES string of the molecule is Nc1ccc2cc(OC(F)(F)C(F)OC(F)(F)C(F)(F)C(F)(F)OC(F)(F)F)ccc2c1. The fraction of sp³-hybridized carbons (Fsp3) is 0.375. The highest BCUT2D eigenvalue weighted by Gasteiger charge is 2.78. The Hall–Kier alpha value is -2.62. The molecule has 0 saturated heterocycles. The third kappa shape index (κ3) is 5.40. The monoisotopic (exact) mass is 491 g/mol. The van der Waals surface area contributed by atoms with Gasteiger partial charge in [0.1, 0.15) is 5.75 Å². The predicted octanol–water partition coefficient (Wildman–Crippen LogP) is 6.06. The second-order valence-corrected chi connectivity index (χ2v) is 6.02. The highest BCUT2D eigenvalue weighted by atomic mass is 19.4. The number of hydrogen-bond donors (Lipinski definition) is 1. The van der Waals surface area contributed by atoms with Crippen molar-refractivity contribution in [3.63, 3.8) is 0 Å². The first-order chi connectivity index (χ1) is 14.3. The molecule has 0 aliphatic heterocycles. The van der Waals surface area contributed by atoms with Crippen LogP contribution < -0.4 is 10.5 Å². The summed E-state index contributed by atoms with van der Waals surface area (Å²) in [5.74, 6) is -8.14. The number of fused-ring (bicyclic) bond motifs is 1. The first-order valence-corrected chi connectivity index (χ1v) is 7.86. The number of hydrogen-bond acceptors (Lipinski definition) is 4. The number of rotatable bonds is 8. The molecule has 0 fully saturated rings. The summed E-state index contributed by atoms with van der Waals surface area (Å²) in [4.78, 5) is 0. The molecule has 0 radical (unpaired) electrons. The van der Waals surface area contributed by atoms with Crippen molar-refractivity contribution in [2.45, 2.75) is 37.0 Å². The minimum atomic E-state index is -7.24. The normalized spacial score (nSPS) is 15.1. The van der Waals surface area contributed by atoms with Gasteiger partial charge in [-0.05, 0) is 35.0 Å². The minimum absolute atomic E-state index is 0.171. The molecule has 0 aliphatic carbocycles. The molecule has 0 heterocycles. The number of anilines is 1. The summed E-state index contributed by atoms with van der Waals surface area (Å²) >= 11 is 0. The van der Waals surface area contributed by atoms with E-state index < -0.39 is 42.7 Å². The van der Waals surface area contributed by atoms with E-state index >= 15 is 0 Å². The number of alkyl halides is 12. The lowest BCUT2D eigenvalue weighted by Crippen LogP contribution is -2.59. The Morgan fingerprint density at radius 2 is 1.25 bits per heavy atom. The van der Waals surface area contributed by atoms with Gasteiger partial charge in [0.25, 0.3) is 0 Å². The molecule has 2 aromatic carbocycles. The minimum Gasteiger partial charge on any atom is -0.429 e. The van der Waals surface area contributed by atoms with Gasteiger partial charge in [-0.15, -0.1) is 13.2 Å². The molecule has 0 spiro atoms. The molecule has 0 aliphatic rings. The molecule has 1 atom stereocenters. The van der Waals surface area contributed by atoms with Crippen molar-refractivity contribution in [2.24, 2.45) is 0 Å². The number of nitrogen functional groups attached to an aromatic ring is 1. The van der Waals surface area contributed by atoms with Crippen molar-refractivity contribution >= 4 is 16.5 Å². The summed E-state index contributed by atoms with van der Waals surface area (Å²) in [6.45, 7) is 0. The third-order valence-electron chi connectivity index (χ3n) is 3.58. The van der Waals surface area contributed by atoms with Crippen LogP contribution in [0.3, 0.4) is 0 Å². The molecule has 0 bridgehead atoms. The number of ether oxygens (including phenoxy) is 3. The second kappa shape index (κ2) is 8.06. The van der Waals surface area contributed by atoms with Crippen molar-refractivity contribution in [3.8, 4) is 5.75 Å². The van der Waals surface area contributed by atoms with E-state index in [-0.39, 0.29) is 11.1 Å². The van der Waals surface area contributed by atoms with Gasteiger partial charge in [-0.1, -0.05) is 12.1 Å². The quantitative estimate of drug-likeness (QED) is 0.360. The molecular weight excluding hydrogens is 482 g/mol. The Bertz CT molecular complexity index is 963. The smallest absolute Gasteiger partial charge is 0.429 e. The standard InChI is InChI=1S/C16H9F12NO3/c17-11(31-14(22,23)13(20,21)15(24,25)32-16(26,27)28)12(18,19)30-10-4-2-7-5-9(29)3-1-8(7)6-10/h1-6,11H,29H2. The average molecular weight is 491 g/mol. The lowest BCUT2D eigenvalue weighted by atomic mass is 10.1. The zero-order valence-corrected chi connectivity index (χ0v) is 14.9. The summed E-state index contributed by atoms with van der Waals surface area (Å²) in [6, 6.07) is 6.69. The molecule has 32 heavy (non-hydrogen) atoms. The molecule has 2 N–H and O–H groups in total. The van der Waals surface area contributed by atoms with E-state index in [4.69, 9.17) is 5.73 Å². The molecule has 1 unspecified atom stereocenters. The zero-order chi connectivity index (χ0) is 24.8. The average Bonchev–Trinajstić information content (AvgIpc) is 2.58. The van der Waals surface area contributed by atoms with Gasteiger partial charge in [0.2, 0.25) is 0 Å². The van der Waals surface area contributed by atoms with Crippen LogP contribution >= 0.6 is 0 Å². The Labute approximate surface area is 169 Å². The van der Waals surface area contributed by atoms with E-state index in [0.29, 0.717) is 5.39 Å². The maximum atomic E-state index is 13.7. The van der Waals surface area contributed by atoms with E-state index in [9.17, 15) is 52.7 Å². The Balaban J connectivity index is 2.21. The second-order valence-electron chi connectivity index (χ2n) is 6.02. The van der Waals surface area contributed by atoms with Crippen LogP contribution in [-0.2, 0) is 9.47 Å². The highest BCUT2D eigenvalue weighted by Crippen LogP contribution is 2.50. The number of nitrogens with two attached hydrogens (primary N) is 1. The topological polar surface area (TPSA) is 53.7 Å². The highest BCUT2D eigenvalue weighted by molar-refractivity contribution is 5.86. The van der Waals surface area contributed by atoms with Crippen molar-refractivity contribution in [1.82, 2.24) is 0 Å². The van der Waals surface area contributed by atoms with Crippen molar-refractivity contribution in [3.05, 3.63) is 36.4 Å². The van der Waals surface area contributed by atoms with Gasteiger partial charge in [-0.25, -0.2) is 9.13 Å². The van der Waals surface area contributed by atoms with E-state index in [0.717, 1.165) is 18.2 Å². The zero-order valence-electron chi connectivity index (χ0n) is 14.9. The Morgan fingerprint density at radius 3 is 1.81 bits per heavy atom. The first kappa shape index (κ1) is 25.6. The summed E-state index contributed by atoms with van der Waals surface area (Å²) in [5, 5.41) is 0.538. The van der Waals surface area contributed by atoms with Crippen LogP contribution in [0.2, 0.25) is 0 Å². The van der Waals surface area contributed by atoms with Gasteiger partial charge >= 0.3 is 37.0 Å². The van der Waals surface area contributed by atoms with Crippen LogP contribution in [0.1, 0.15) is 0 Å². The molecule has 2 aromatic rings. The Kier molecular flexibility index (Phi) is 6.46. The van der Waals surface area contributed by atoms with Crippen LogP contribution in [0.5, 0.6) is 5.75 Å². The van der Waals surface area contributed by atoms with Crippen LogP contribution in [-0.4, -0.2) is 37.0 Å². The molecule has 180 valence electrons. The summed E-state index contributed by atoms with van der Waals surface area (Å²) < 4.78 is 163. The predicted molar refractivity (Wildman–Crippen MR) is 81.9 cm³/mol. The van der Waals surface area contributed by atoms with Crippen LogP contribution in [0.25, 0.3) is 10.8 Å². The first-order valence-electron chi connectivity index (χ1n) is 7.86. The van der Waals surface area contributed by atoms with Crippen LogP contribution in [0, 0.1) is 0 Å². The van der Waals surface area contributed by atoms with Crippen molar-refractivity contribution in [1.29, 1.82) is 0 Å². The lowest BCUT2D eigenvalue weighted by Gasteiger charge is -2.33. The largest absolute Gasteiger partial charge is 0.527 e. The molecule has 0 aromatic heterocycles. The maximum absolute atomic E-state index is 13.7.